The standard InChI is InChI=1S/C25H30N6O2/c32-25(19-4-3-9-26-17-19)30-12-10-29(11-13-30)24-20-5-1-2-6-21(20)27-23-16-22(28-31(23)24)18-7-14-33-15-8-18/h3-4,9,16-18H,1-2,5-8,10-15H2. The molecule has 6 rings (SSSR count). The van der Waals surface area contributed by atoms with E-state index in [0.29, 0.717) is 24.6 Å². The lowest BCUT2D eigenvalue weighted by molar-refractivity contribution is 0.0745. The van der Waals surface area contributed by atoms with Crippen molar-refractivity contribution in [3.63, 3.8) is 0 Å². The Balaban J connectivity index is 1.31. The van der Waals surface area contributed by atoms with Crippen molar-refractivity contribution in [2.75, 3.05) is 44.3 Å². The van der Waals surface area contributed by atoms with E-state index in [1.54, 1.807) is 12.4 Å². The minimum Gasteiger partial charge on any atom is -0.381 e. The third-order valence-electron chi connectivity index (χ3n) is 7.28. The molecule has 0 unspecified atom stereocenters. The zero-order valence-corrected chi connectivity index (χ0v) is 18.9. The van der Waals surface area contributed by atoms with Gasteiger partial charge in [-0.15, -0.1) is 0 Å². The minimum absolute atomic E-state index is 0.0607. The van der Waals surface area contributed by atoms with Crippen LogP contribution in [0, 0.1) is 0 Å². The maximum Gasteiger partial charge on any atom is 0.255 e. The average molecular weight is 447 g/mol. The molecule has 0 bridgehead atoms. The Bertz CT molecular complexity index is 1150. The molecule has 33 heavy (non-hydrogen) atoms. The fourth-order valence-corrected chi connectivity index (χ4v) is 5.46. The summed E-state index contributed by atoms with van der Waals surface area (Å²) in [6.07, 6.45) is 9.88. The van der Waals surface area contributed by atoms with Crippen molar-refractivity contribution in [2.45, 2.75) is 44.4 Å². The molecule has 0 N–H and O–H groups in total. The smallest absolute Gasteiger partial charge is 0.255 e. The highest BCUT2D eigenvalue weighted by atomic mass is 16.5. The van der Waals surface area contributed by atoms with Gasteiger partial charge >= 0.3 is 0 Å². The Kier molecular flexibility index (Phi) is 5.46. The van der Waals surface area contributed by atoms with Crippen molar-refractivity contribution in [3.8, 4) is 0 Å². The predicted octanol–water partition coefficient (Wildman–Crippen LogP) is 2.86. The van der Waals surface area contributed by atoms with E-state index >= 15 is 0 Å². The number of aromatic nitrogens is 4. The van der Waals surface area contributed by atoms with Crippen LogP contribution in [0.2, 0.25) is 0 Å². The molecule has 0 saturated carbocycles. The van der Waals surface area contributed by atoms with Gasteiger partial charge in [0.25, 0.3) is 5.91 Å². The lowest BCUT2D eigenvalue weighted by Crippen LogP contribution is -2.49. The molecule has 172 valence electrons. The number of nitrogens with zero attached hydrogens (tertiary/aromatic N) is 6. The second-order valence-corrected chi connectivity index (χ2v) is 9.31. The third-order valence-corrected chi connectivity index (χ3v) is 7.28. The Morgan fingerprint density at radius 3 is 2.67 bits per heavy atom. The molecule has 3 aliphatic rings. The van der Waals surface area contributed by atoms with Gasteiger partial charge < -0.3 is 14.5 Å². The van der Waals surface area contributed by atoms with Gasteiger partial charge in [-0.3, -0.25) is 9.78 Å². The van der Waals surface area contributed by atoms with Gasteiger partial charge in [-0.2, -0.15) is 9.61 Å². The van der Waals surface area contributed by atoms with Crippen molar-refractivity contribution in [3.05, 3.63) is 53.1 Å². The number of carbonyl (C=O) groups excluding carboxylic acids is 1. The molecular weight excluding hydrogens is 416 g/mol. The topological polar surface area (TPSA) is 75.9 Å². The molecule has 3 aromatic rings. The fraction of sp³-hybridized carbons (Fsp3) is 0.520. The van der Waals surface area contributed by atoms with E-state index in [1.165, 1.54) is 29.9 Å². The molecule has 0 atom stereocenters. The number of ether oxygens (including phenoxy) is 1. The largest absolute Gasteiger partial charge is 0.381 e. The van der Waals surface area contributed by atoms with E-state index in [0.717, 1.165) is 63.3 Å². The number of rotatable bonds is 3. The zero-order chi connectivity index (χ0) is 22.2. The average Bonchev–Trinajstić information content (AvgIpc) is 3.32. The molecule has 3 aromatic heterocycles. The molecule has 2 aliphatic heterocycles. The molecular formula is C25H30N6O2. The van der Waals surface area contributed by atoms with Gasteiger partial charge in [-0.05, 0) is 50.7 Å². The van der Waals surface area contributed by atoms with Gasteiger partial charge in [0.2, 0.25) is 0 Å². The highest BCUT2D eigenvalue weighted by Crippen LogP contribution is 2.33. The van der Waals surface area contributed by atoms with E-state index in [9.17, 15) is 4.79 Å². The molecule has 2 saturated heterocycles. The van der Waals surface area contributed by atoms with Gasteiger partial charge in [0, 0.05) is 75.0 Å². The second-order valence-electron chi connectivity index (χ2n) is 9.31. The van der Waals surface area contributed by atoms with Gasteiger partial charge in [-0.1, -0.05) is 0 Å². The van der Waals surface area contributed by atoms with Crippen molar-refractivity contribution in [1.29, 1.82) is 0 Å². The van der Waals surface area contributed by atoms with Crippen LogP contribution in [-0.2, 0) is 17.6 Å². The van der Waals surface area contributed by atoms with Crippen molar-refractivity contribution in [1.82, 2.24) is 24.5 Å². The Morgan fingerprint density at radius 2 is 1.88 bits per heavy atom. The highest BCUT2D eigenvalue weighted by molar-refractivity contribution is 5.94. The summed E-state index contributed by atoms with van der Waals surface area (Å²) in [5.41, 5.74) is 5.34. The molecule has 8 nitrogen and oxygen atoms in total. The number of amides is 1. The van der Waals surface area contributed by atoms with Crippen LogP contribution in [0.4, 0.5) is 5.82 Å². The van der Waals surface area contributed by atoms with Crippen LogP contribution in [0.1, 0.15) is 58.9 Å². The quantitative estimate of drug-likeness (QED) is 0.616. The SMILES string of the molecule is O=C(c1cccnc1)N1CCN(c2c3c(nc4cc(C5CCOCC5)nn24)CCCC3)CC1. The molecule has 0 aromatic carbocycles. The fourth-order valence-electron chi connectivity index (χ4n) is 5.46. The highest BCUT2D eigenvalue weighted by Gasteiger charge is 2.29. The molecule has 0 spiro atoms. The number of anilines is 1. The van der Waals surface area contributed by atoms with Crippen molar-refractivity contribution < 1.29 is 9.53 Å². The van der Waals surface area contributed by atoms with Gasteiger partial charge in [0.1, 0.15) is 5.82 Å². The lowest BCUT2D eigenvalue weighted by atomic mass is 9.95. The van der Waals surface area contributed by atoms with Crippen molar-refractivity contribution in [2.24, 2.45) is 0 Å². The number of aryl methyl sites for hydroxylation is 1. The molecule has 5 heterocycles. The monoisotopic (exact) mass is 446 g/mol. The number of fused-ring (bicyclic) bond motifs is 2. The summed E-state index contributed by atoms with van der Waals surface area (Å²) in [6, 6.07) is 5.85. The number of hydrogen-bond donors (Lipinski definition) is 0. The first-order valence-electron chi connectivity index (χ1n) is 12.2. The number of pyridine rings is 1. The van der Waals surface area contributed by atoms with Crippen LogP contribution < -0.4 is 4.90 Å². The van der Waals surface area contributed by atoms with E-state index in [4.69, 9.17) is 14.8 Å². The normalized spacial score (nSPS) is 19.6. The Morgan fingerprint density at radius 1 is 1.06 bits per heavy atom. The van der Waals surface area contributed by atoms with E-state index in [1.807, 2.05) is 17.0 Å². The lowest BCUT2D eigenvalue weighted by Gasteiger charge is -2.37. The van der Waals surface area contributed by atoms with Crippen LogP contribution in [0.5, 0.6) is 0 Å². The maximum absolute atomic E-state index is 12.9. The second kappa shape index (κ2) is 8.74. The zero-order valence-electron chi connectivity index (χ0n) is 18.9. The summed E-state index contributed by atoms with van der Waals surface area (Å²) in [5.74, 6) is 1.70. The van der Waals surface area contributed by atoms with Crippen LogP contribution >= 0.6 is 0 Å². The maximum atomic E-state index is 12.9. The Hall–Kier alpha value is -3.00. The molecule has 1 amide bonds. The number of hydrogen-bond acceptors (Lipinski definition) is 6. The summed E-state index contributed by atoms with van der Waals surface area (Å²) < 4.78 is 7.65. The summed E-state index contributed by atoms with van der Waals surface area (Å²) in [5, 5.41) is 5.09. The predicted molar refractivity (Wildman–Crippen MR) is 125 cm³/mol. The first-order valence-corrected chi connectivity index (χ1v) is 12.2. The van der Waals surface area contributed by atoms with Crippen molar-refractivity contribution >= 4 is 17.4 Å². The van der Waals surface area contributed by atoms with E-state index in [2.05, 4.69) is 20.5 Å². The van der Waals surface area contributed by atoms with Crippen LogP contribution in [0.15, 0.2) is 30.6 Å². The third kappa shape index (κ3) is 3.86. The van der Waals surface area contributed by atoms with Gasteiger partial charge in [-0.25, -0.2) is 4.98 Å². The first-order chi connectivity index (χ1) is 16.3. The number of piperazine rings is 1. The summed E-state index contributed by atoms with van der Waals surface area (Å²) in [6.45, 7) is 4.60. The van der Waals surface area contributed by atoms with Crippen LogP contribution in [0.3, 0.4) is 0 Å². The van der Waals surface area contributed by atoms with Gasteiger partial charge in [0.15, 0.2) is 5.65 Å². The number of carbonyl (C=O) groups is 1. The Labute approximate surface area is 193 Å². The van der Waals surface area contributed by atoms with Crippen LogP contribution in [-0.4, -0.2) is 69.8 Å². The summed E-state index contributed by atoms with van der Waals surface area (Å²) in [4.78, 5) is 26.4. The molecule has 0 radical (unpaired) electrons. The van der Waals surface area contributed by atoms with Gasteiger partial charge in [0.05, 0.1) is 11.3 Å². The first kappa shape index (κ1) is 20.6. The summed E-state index contributed by atoms with van der Waals surface area (Å²) >= 11 is 0. The molecule has 1 aliphatic carbocycles. The molecule has 2 fully saturated rings. The molecule has 8 heteroatoms. The summed E-state index contributed by atoms with van der Waals surface area (Å²) in [7, 11) is 0. The van der Waals surface area contributed by atoms with Crippen LogP contribution in [0.25, 0.3) is 5.65 Å². The van der Waals surface area contributed by atoms with E-state index < -0.39 is 0 Å². The van der Waals surface area contributed by atoms with E-state index in [-0.39, 0.29) is 5.91 Å². The minimum atomic E-state index is 0.0607.